The first-order valence-corrected chi connectivity index (χ1v) is 11.8. The molecule has 1 aromatic heterocycles. The van der Waals surface area contributed by atoms with Crippen LogP contribution in [-0.2, 0) is 9.59 Å². The Morgan fingerprint density at radius 2 is 1.93 bits per heavy atom. The molecular weight excluding hydrogens is 467 g/mol. The van der Waals surface area contributed by atoms with Gasteiger partial charge in [0.15, 0.2) is 0 Å². The van der Waals surface area contributed by atoms with Gasteiger partial charge in [0.25, 0.3) is 5.91 Å². The first kappa shape index (κ1) is 22.3. The highest BCUT2D eigenvalue weighted by Crippen LogP contribution is 2.33. The standard InChI is InChI=1S/C20H18Cl2N2O2S3/c21-13-9-14(22)11-15(10-13)23-18(25)6-2-1-3-7-24-19(26)17(29-20(24)27)12-16-5-4-8-28-16/h4-5,8-12H,1-3,6-7H2,(H,23,25)/b17-12+. The predicted octanol–water partition coefficient (Wildman–Crippen LogP) is 6.46. The van der Waals surface area contributed by atoms with Gasteiger partial charge in [-0.1, -0.05) is 59.7 Å². The molecule has 9 heteroatoms. The smallest absolute Gasteiger partial charge is 0.266 e. The number of carbonyl (C=O) groups is 2. The molecule has 29 heavy (non-hydrogen) atoms. The molecule has 4 nitrogen and oxygen atoms in total. The molecule has 2 heterocycles. The number of thiocarbonyl (C=S) groups is 1. The zero-order chi connectivity index (χ0) is 20.8. The zero-order valence-electron chi connectivity index (χ0n) is 15.3. The molecule has 2 amide bonds. The maximum absolute atomic E-state index is 12.5. The Labute approximate surface area is 193 Å². The lowest BCUT2D eigenvalue weighted by Crippen LogP contribution is -2.29. The van der Waals surface area contributed by atoms with E-state index in [1.54, 1.807) is 34.4 Å². The van der Waals surface area contributed by atoms with E-state index in [4.69, 9.17) is 35.4 Å². The molecular formula is C20H18Cl2N2O2S3. The van der Waals surface area contributed by atoms with Crippen LogP contribution < -0.4 is 5.32 Å². The van der Waals surface area contributed by atoms with Crippen molar-refractivity contribution >= 4 is 86.4 Å². The van der Waals surface area contributed by atoms with E-state index in [1.807, 2.05) is 23.6 Å². The Morgan fingerprint density at radius 3 is 2.62 bits per heavy atom. The Balaban J connectivity index is 1.39. The van der Waals surface area contributed by atoms with Crippen molar-refractivity contribution in [2.24, 2.45) is 0 Å². The van der Waals surface area contributed by atoms with E-state index in [-0.39, 0.29) is 11.8 Å². The van der Waals surface area contributed by atoms with Gasteiger partial charge in [-0.3, -0.25) is 14.5 Å². The fourth-order valence-electron chi connectivity index (χ4n) is 2.78. The molecule has 1 fully saturated rings. The molecule has 152 valence electrons. The topological polar surface area (TPSA) is 49.4 Å². The number of amides is 2. The van der Waals surface area contributed by atoms with E-state index in [2.05, 4.69) is 5.32 Å². The number of benzene rings is 1. The summed E-state index contributed by atoms with van der Waals surface area (Å²) >= 11 is 20.1. The Kier molecular flexibility index (Phi) is 8.15. The van der Waals surface area contributed by atoms with Gasteiger partial charge < -0.3 is 5.32 Å². The SMILES string of the molecule is O=C(CCCCCN1C(=O)/C(=C\c2cccs2)SC1=S)Nc1cc(Cl)cc(Cl)c1. The molecule has 3 rings (SSSR count). The van der Waals surface area contributed by atoms with E-state index in [1.165, 1.54) is 11.8 Å². The molecule has 1 aliphatic heterocycles. The highest BCUT2D eigenvalue weighted by molar-refractivity contribution is 8.26. The molecule has 0 spiro atoms. The van der Waals surface area contributed by atoms with Crippen molar-refractivity contribution in [3.8, 4) is 0 Å². The van der Waals surface area contributed by atoms with Crippen LogP contribution in [0.2, 0.25) is 10.0 Å². The molecule has 1 N–H and O–H groups in total. The van der Waals surface area contributed by atoms with Crippen molar-refractivity contribution in [1.29, 1.82) is 0 Å². The van der Waals surface area contributed by atoms with Gasteiger partial charge in [-0.25, -0.2) is 0 Å². The molecule has 0 saturated carbocycles. The maximum Gasteiger partial charge on any atom is 0.266 e. The Hall–Kier alpha value is -1.38. The lowest BCUT2D eigenvalue weighted by atomic mass is 10.1. The number of rotatable bonds is 8. The van der Waals surface area contributed by atoms with E-state index < -0.39 is 0 Å². The summed E-state index contributed by atoms with van der Waals surface area (Å²) in [6.07, 6.45) is 4.61. The van der Waals surface area contributed by atoms with Gasteiger partial charge in [0.1, 0.15) is 4.32 Å². The Bertz CT molecular complexity index is 925. The largest absolute Gasteiger partial charge is 0.326 e. The molecule has 1 aromatic carbocycles. The third-order valence-corrected chi connectivity index (χ3v) is 6.76. The lowest BCUT2D eigenvalue weighted by molar-refractivity contribution is -0.122. The number of unbranched alkanes of at least 4 members (excludes halogenated alkanes) is 2. The minimum Gasteiger partial charge on any atom is -0.326 e. The molecule has 0 unspecified atom stereocenters. The number of thiophene rings is 1. The highest BCUT2D eigenvalue weighted by atomic mass is 35.5. The molecule has 1 aliphatic rings. The second kappa shape index (κ2) is 10.6. The Morgan fingerprint density at radius 1 is 1.17 bits per heavy atom. The van der Waals surface area contributed by atoms with Crippen molar-refractivity contribution in [3.63, 3.8) is 0 Å². The van der Waals surface area contributed by atoms with Crippen LogP contribution in [0.1, 0.15) is 30.6 Å². The van der Waals surface area contributed by atoms with Crippen molar-refractivity contribution < 1.29 is 9.59 Å². The summed E-state index contributed by atoms with van der Waals surface area (Å²) < 4.78 is 0.591. The zero-order valence-corrected chi connectivity index (χ0v) is 19.3. The van der Waals surface area contributed by atoms with E-state index in [0.29, 0.717) is 37.9 Å². The third-order valence-electron chi connectivity index (χ3n) is 4.12. The molecule has 0 aliphatic carbocycles. The quantitative estimate of drug-likeness (QED) is 0.265. The second-order valence-corrected chi connectivity index (χ2v) is 9.89. The summed E-state index contributed by atoms with van der Waals surface area (Å²) in [5, 5.41) is 5.72. The van der Waals surface area contributed by atoms with Crippen LogP contribution in [0, 0.1) is 0 Å². The van der Waals surface area contributed by atoms with Crippen LogP contribution in [0.4, 0.5) is 5.69 Å². The van der Waals surface area contributed by atoms with Crippen molar-refractivity contribution in [3.05, 3.63) is 55.5 Å². The van der Waals surface area contributed by atoms with Crippen molar-refractivity contribution in [2.45, 2.75) is 25.7 Å². The first-order valence-electron chi connectivity index (χ1n) is 8.97. The van der Waals surface area contributed by atoms with Crippen LogP contribution in [0.5, 0.6) is 0 Å². The van der Waals surface area contributed by atoms with Gasteiger partial charge in [0, 0.05) is 33.6 Å². The number of nitrogens with one attached hydrogen (secondary N) is 1. The number of thioether (sulfide) groups is 1. The van der Waals surface area contributed by atoms with Gasteiger partial charge in [0.2, 0.25) is 5.91 Å². The van der Waals surface area contributed by atoms with E-state index in [0.717, 1.165) is 24.1 Å². The van der Waals surface area contributed by atoms with Gasteiger partial charge in [-0.15, -0.1) is 11.3 Å². The normalized spacial score (nSPS) is 15.4. The molecule has 2 aromatic rings. The first-order chi connectivity index (χ1) is 13.9. The van der Waals surface area contributed by atoms with Crippen LogP contribution in [-0.4, -0.2) is 27.6 Å². The van der Waals surface area contributed by atoms with Gasteiger partial charge in [0.05, 0.1) is 4.91 Å². The third kappa shape index (κ3) is 6.55. The minimum absolute atomic E-state index is 0.0380. The molecule has 0 bridgehead atoms. The average molecular weight is 485 g/mol. The predicted molar refractivity (Wildman–Crippen MR) is 128 cm³/mol. The molecule has 1 saturated heterocycles. The van der Waals surface area contributed by atoms with Crippen LogP contribution >= 0.6 is 58.5 Å². The summed E-state index contributed by atoms with van der Waals surface area (Å²) in [7, 11) is 0. The van der Waals surface area contributed by atoms with Gasteiger partial charge in [-0.2, -0.15) is 0 Å². The van der Waals surface area contributed by atoms with Crippen molar-refractivity contribution in [1.82, 2.24) is 4.90 Å². The van der Waals surface area contributed by atoms with Gasteiger partial charge >= 0.3 is 0 Å². The number of hydrogen-bond acceptors (Lipinski definition) is 5. The average Bonchev–Trinajstić information content (AvgIpc) is 3.24. The van der Waals surface area contributed by atoms with E-state index >= 15 is 0 Å². The summed E-state index contributed by atoms with van der Waals surface area (Å²) in [5.41, 5.74) is 0.586. The lowest BCUT2D eigenvalue weighted by Gasteiger charge is -2.14. The minimum atomic E-state index is -0.0900. The second-order valence-electron chi connectivity index (χ2n) is 6.37. The number of hydrogen-bond donors (Lipinski definition) is 1. The van der Waals surface area contributed by atoms with Crippen LogP contribution in [0.25, 0.3) is 6.08 Å². The maximum atomic E-state index is 12.5. The number of nitrogens with zero attached hydrogens (tertiary/aromatic N) is 1. The highest BCUT2D eigenvalue weighted by Gasteiger charge is 2.31. The van der Waals surface area contributed by atoms with Gasteiger partial charge in [-0.05, 0) is 48.6 Å². The number of carbonyl (C=O) groups excluding carboxylic acids is 2. The molecule has 0 radical (unpaired) electrons. The summed E-state index contributed by atoms with van der Waals surface area (Å²) in [4.78, 5) is 28.0. The van der Waals surface area contributed by atoms with E-state index in [9.17, 15) is 9.59 Å². The van der Waals surface area contributed by atoms with Crippen molar-refractivity contribution in [2.75, 3.05) is 11.9 Å². The monoisotopic (exact) mass is 484 g/mol. The van der Waals surface area contributed by atoms with Crippen LogP contribution in [0.15, 0.2) is 40.6 Å². The number of anilines is 1. The fourth-order valence-corrected chi connectivity index (χ4v) is 5.33. The number of halogens is 2. The summed E-state index contributed by atoms with van der Waals surface area (Å²) in [5.74, 6) is -0.128. The fraction of sp³-hybridized carbons (Fsp3) is 0.250. The summed E-state index contributed by atoms with van der Waals surface area (Å²) in [6, 6.07) is 8.85. The van der Waals surface area contributed by atoms with Crippen LogP contribution in [0.3, 0.4) is 0 Å². The molecule has 0 atom stereocenters. The summed E-state index contributed by atoms with van der Waals surface area (Å²) in [6.45, 7) is 0.567.